The van der Waals surface area contributed by atoms with Gasteiger partial charge in [0.25, 0.3) is 5.56 Å². The van der Waals surface area contributed by atoms with Gasteiger partial charge in [-0.3, -0.25) is 9.59 Å². The molecule has 1 N–H and O–H groups in total. The van der Waals surface area contributed by atoms with Crippen LogP contribution in [0.1, 0.15) is 17.5 Å². The first kappa shape index (κ1) is 16.8. The Bertz CT molecular complexity index is 722. The van der Waals surface area contributed by atoms with Crippen molar-refractivity contribution in [2.75, 3.05) is 13.2 Å². The number of benzene rings is 1. The molecule has 0 saturated heterocycles. The fourth-order valence-corrected chi connectivity index (χ4v) is 2.14. The molecule has 0 aliphatic carbocycles. The van der Waals surface area contributed by atoms with Crippen molar-refractivity contribution in [2.24, 2.45) is 0 Å². The molecular weight excluding hydrogens is 292 g/mol. The lowest BCUT2D eigenvalue weighted by atomic mass is 10.2. The lowest BCUT2D eigenvalue weighted by Crippen LogP contribution is -2.32. The van der Waals surface area contributed by atoms with Crippen molar-refractivity contribution in [1.29, 1.82) is 0 Å². The average molecular weight is 314 g/mol. The van der Waals surface area contributed by atoms with E-state index in [-0.39, 0.29) is 18.0 Å². The first-order valence-corrected chi connectivity index (χ1v) is 7.68. The molecule has 2 aromatic rings. The Balaban J connectivity index is 1.68. The van der Waals surface area contributed by atoms with E-state index in [1.807, 2.05) is 44.2 Å². The molecule has 5 heteroatoms. The van der Waals surface area contributed by atoms with Crippen LogP contribution in [0.25, 0.3) is 0 Å². The maximum Gasteiger partial charge on any atom is 0.251 e. The number of aryl methyl sites for hydroxylation is 2. The molecule has 0 spiro atoms. The third-order valence-electron chi connectivity index (χ3n) is 3.37. The van der Waals surface area contributed by atoms with Crippen molar-refractivity contribution < 1.29 is 9.53 Å². The largest absolute Gasteiger partial charge is 0.494 e. The zero-order valence-electron chi connectivity index (χ0n) is 13.5. The van der Waals surface area contributed by atoms with Gasteiger partial charge < -0.3 is 14.6 Å². The SMILES string of the molecule is Cc1cccc(OCCCNC(=O)Cn2ccc(C)cc2=O)c1. The molecule has 0 fully saturated rings. The summed E-state index contributed by atoms with van der Waals surface area (Å²) in [7, 11) is 0. The van der Waals surface area contributed by atoms with Crippen molar-refractivity contribution in [3.05, 3.63) is 64.1 Å². The van der Waals surface area contributed by atoms with Crippen molar-refractivity contribution in [1.82, 2.24) is 9.88 Å². The van der Waals surface area contributed by atoms with Gasteiger partial charge in [0.15, 0.2) is 0 Å². The van der Waals surface area contributed by atoms with Crippen LogP contribution in [0.4, 0.5) is 0 Å². The van der Waals surface area contributed by atoms with Crippen molar-refractivity contribution >= 4 is 5.91 Å². The average Bonchev–Trinajstić information content (AvgIpc) is 2.50. The van der Waals surface area contributed by atoms with Crippen LogP contribution in [0.3, 0.4) is 0 Å². The zero-order chi connectivity index (χ0) is 16.7. The van der Waals surface area contributed by atoms with Crippen molar-refractivity contribution in [2.45, 2.75) is 26.8 Å². The molecule has 0 unspecified atom stereocenters. The lowest BCUT2D eigenvalue weighted by Gasteiger charge is -2.09. The van der Waals surface area contributed by atoms with E-state index in [1.54, 1.807) is 6.20 Å². The number of aromatic nitrogens is 1. The fourth-order valence-electron chi connectivity index (χ4n) is 2.14. The Kier molecular flexibility index (Phi) is 5.97. The maximum absolute atomic E-state index is 11.8. The molecule has 1 aromatic carbocycles. The molecule has 0 saturated carbocycles. The number of hydrogen-bond donors (Lipinski definition) is 1. The molecule has 2 rings (SSSR count). The van der Waals surface area contributed by atoms with E-state index in [4.69, 9.17) is 4.74 Å². The molecule has 0 aliphatic heterocycles. The van der Waals surface area contributed by atoms with Gasteiger partial charge in [0, 0.05) is 18.8 Å². The van der Waals surface area contributed by atoms with E-state index in [9.17, 15) is 9.59 Å². The number of amides is 1. The molecule has 0 aliphatic rings. The maximum atomic E-state index is 11.8. The predicted octanol–water partition coefficient (Wildman–Crippen LogP) is 2.05. The van der Waals surface area contributed by atoms with Crippen LogP contribution >= 0.6 is 0 Å². The van der Waals surface area contributed by atoms with E-state index in [2.05, 4.69) is 5.32 Å². The fraction of sp³-hybridized carbons (Fsp3) is 0.333. The second-order valence-corrected chi connectivity index (χ2v) is 5.54. The topological polar surface area (TPSA) is 60.3 Å². The molecule has 1 amide bonds. The second kappa shape index (κ2) is 8.17. The highest BCUT2D eigenvalue weighted by Crippen LogP contribution is 2.12. The monoisotopic (exact) mass is 314 g/mol. The Hall–Kier alpha value is -2.56. The summed E-state index contributed by atoms with van der Waals surface area (Å²) in [4.78, 5) is 23.5. The highest BCUT2D eigenvalue weighted by atomic mass is 16.5. The van der Waals surface area contributed by atoms with Gasteiger partial charge in [-0.25, -0.2) is 0 Å². The van der Waals surface area contributed by atoms with Gasteiger partial charge in [-0.2, -0.15) is 0 Å². The molecule has 0 bridgehead atoms. The van der Waals surface area contributed by atoms with Crippen LogP contribution in [0.2, 0.25) is 0 Å². The standard InChI is InChI=1S/C18H22N2O3/c1-14-5-3-6-16(11-14)23-10-4-8-19-17(21)13-20-9-7-15(2)12-18(20)22/h3,5-7,9,11-12H,4,8,10,13H2,1-2H3,(H,19,21). The molecule has 1 aromatic heterocycles. The number of pyridine rings is 1. The van der Waals surface area contributed by atoms with E-state index in [0.717, 1.165) is 16.9 Å². The zero-order valence-corrected chi connectivity index (χ0v) is 13.5. The van der Waals surface area contributed by atoms with Gasteiger partial charge >= 0.3 is 0 Å². The lowest BCUT2D eigenvalue weighted by molar-refractivity contribution is -0.121. The normalized spacial score (nSPS) is 10.3. The highest BCUT2D eigenvalue weighted by Gasteiger charge is 2.04. The third kappa shape index (κ3) is 5.62. The summed E-state index contributed by atoms with van der Waals surface area (Å²) in [5.74, 6) is 0.661. The molecule has 1 heterocycles. The first-order valence-electron chi connectivity index (χ1n) is 7.68. The first-order chi connectivity index (χ1) is 11.0. The van der Waals surface area contributed by atoms with Gasteiger partial charge in [-0.15, -0.1) is 0 Å². The summed E-state index contributed by atoms with van der Waals surface area (Å²) >= 11 is 0. The number of carbonyl (C=O) groups is 1. The van der Waals surface area contributed by atoms with E-state index in [0.29, 0.717) is 19.6 Å². The minimum atomic E-state index is -0.175. The molecule has 5 nitrogen and oxygen atoms in total. The summed E-state index contributed by atoms with van der Waals surface area (Å²) in [6, 6.07) is 11.2. The number of rotatable bonds is 7. The van der Waals surface area contributed by atoms with E-state index >= 15 is 0 Å². The summed E-state index contributed by atoms with van der Waals surface area (Å²) < 4.78 is 7.01. The van der Waals surface area contributed by atoms with Crippen LogP contribution in [-0.2, 0) is 11.3 Å². The molecule has 0 radical (unpaired) electrons. The van der Waals surface area contributed by atoms with Gasteiger partial charge in [0.2, 0.25) is 5.91 Å². The Morgan fingerprint density at radius 1 is 1.17 bits per heavy atom. The third-order valence-corrected chi connectivity index (χ3v) is 3.37. The highest BCUT2D eigenvalue weighted by molar-refractivity contribution is 5.75. The number of ether oxygens (including phenoxy) is 1. The molecule has 0 atom stereocenters. The molecular formula is C18H22N2O3. The number of nitrogens with one attached hydrogen (secondary N) is 1. The minimum absolute atomic E-state index is 0.0395. The molecule has 23 heavy (non-hydrogen) atoms. The molecule has 122 valence electrons. The summed E-state index contributed by atoms with van der Waals surface area (Å²) in [6.45, 7) is 4.96. The predicted molar refractivity (Wildman–Crippen MR) is 89.7 cm³/mol. The van der Waals surface area contributed by atoms with Gasteiger partial charge in [-0.1, -0.05) is 12.1 Å². The van der Waals surface area contributed by atoms with Crippen LogP contribution in [-0.4, -0.2) is 23.6 Å². The van der Waals surface area contributed by atoms with Crippen molar-refractivity contribution in [3.8, 4) is 5.75 Å². The number of hydrogen-bond acceptors (Lipinski definition) is 3. The minimum Gasteiger partial charge on any atom is -0.494 e. The van der Waals surface area contributed by atoms with Crippen LogP contribution < -0.4 is 15.6 Å². The van der Waals surface area contributed by atoms with E-state index in [1.165, 1.54) is 10.6 Å². The smallest absolute Gasteiger partial charge is 0.251 e. The summed E-state index contributed by atoms with van der Waals surface area (Å²) in [5, 5.41) is 2.79. The van der Waals surface area contributed by atoms with Crippen LogP contribution in [0.5, 0.6) is 5.75 Å². The summed E-state index contributed by atoms with van der Waals surface area (Å²) in [6.07, 6.45) is 2.35. The van der Waals surface area contributed by atoms with Gasteiger partial charge in [0.1, 0.15) is 12.3 Å². The van der Waals surface area contributed by atoms with Crippen molar-refractivity contribution in [3.63, 3.8) is 0 Å². The van der Waals surface area contributed by atoms with Gasteiger partial charge in [-0.05, 0) is 49.6 Å². The second-order valence-electron chi connectivity index (χ2n) is 5.54. The Morgan fingerprint density at radius 2 is 1.96 bits per heavy atom. The van der Waals surface area contributed by atoms with Crippen LogP contribution in [0.15, 0.2) is 47.4 Å². The Labute approximate surface area is 135 Å². The van der Waals surface area contributed by atoms with E-state index < -0.39 is 0 Å². The summed E-state index contributed by atoms with van der Waals surface area (Å²) in [5.41, 5.74) is 1.88. The van der Waals surface area contributed by atoms with Crippen LogP contribution in [0, 0.1) is 13.8 Å². The number of carbonyl (C=O) groups excluding carboxylic acids is 1. The van der Waals surface area contributed by atoms with Gasteiger partial charge in [0.05, 0.1) is 6.61 Å². The number of nitrogens with zero attached hydrogens (tertiary/aromatic N) is 1. The Morgan fingerprint density at radius 3 is 2.70 bits per heavy atom. The quantitative estimate of drug-likeness (QED) is 0.796.